The topological polar surface area (TPSA) is 49.9 Å². The molecule has 1 saturated heterocycles. The summed E-state index contributed by atoms with van der Waals surface area (Å²) in [5, 5.41) is 0.112. The maximum atomic E-state index is 13.6. The molecule has 0 unspecified atom stereocenters. The number of anilines is 2. The molecule has 2 amide bonds. The molecule has 5 nitrogen and oxygen atoms in total. The fourth-order valence-electron chi connectivity index (χ4n) is 3.91. The van der Waals surface area contributed by atoms with Crippen molar-refractivity contribution in [2.45, 2.75) is 6.61 Å². The summed E-state index contributed by atoms with van der Waals surface area (Å²) in [6.07, 6.45) is 1.59. The van der Waals surface area contributed by atoms with Gasteiger partial charge >= 0.3 is 0 Å². The zero-order valence-electron chi connectivity index (χ0n) is 19.6. The average molecular weight is 569 g/mol. The Morgan fingerprint density at radius 1 is 0.703 bits per heavy atom. The lowest BCUT2D eigenvalue weighted by Gasteiger charge is -2.36. The Labute approximate surface area is 228 Å². The fourth-order valence-corrected chi connectivity index (χ4v) is 4.55. The van der Waals surface area contributed by atoms with E-state index in [4.69, 9.17) is 17.0 Å². The Bertz CT molecular complexity index is 1410. The van der Waals surface area contributed by atoms with Crippen LogP contribution in [0.3, 0.4) is 0 Å². The molecule has 4 aromatic rings. The number of benzene rings is 4. The van der Waals surface area contributed by atoms with Crippen LogP contribution in [0, 0.1) is 0 Å². The normalized spacial score (nSPS) is 13.6. The number of para-hydroxylation sites is 2. The van der Waals surface area contributed by atoms with E-state index in [2.05, 4.69) is 15.9 Å². The molecule has 0 bridgehead atoms. The van der Waals surface area contributed by atoms with Gasteiger partial charge in [0, 0.05) is 4.47 Å². The molecule has 0 N–H and O–H groups in total. The van der Waals surface area contributed by atoms with Crippen molar-refractivity contribution >= 4 is 62.5 Å². The summed E-state index contributed by atoms with van der Waals surface area (Å²) in [5.74, 6) is -0.253. The van der Waals surface area contributed by atoms with Gasteiger partial charge in [0.25, 0.3) is 11.8 Å². The number of nitrogens with zero attached hydrogens (tertiary/aromatic N) is 2. The van der Waals surface area contributed by atoms with E-state index in [1.54, 1.807) is 30.3 Å². The molecular formula is C30H21BrN2O3S. The minimum absolute atomic E-state index is 0.0184. The second-order valence-corrected chi connectivity index (χ2v) is 9.56. The maximum absolute atomic E-state index is 13.6. The lowest BCUT2D eigenvalue weighted by Crippen LogP contribution is -2.56. The highest BCUT2D eigenvalue weighted by atomic mass is 79.9. The molecule has 0 aliphatic carbocycles. The molecule has 0 radical (unpaired) electrons. The number of halogens is 1. The van der Waals surface area contributed by atoms with Gasteiger partial charge in [-0.3, -0.25) is 19.4 Å². The molecule has 0 saturated carbocycles. The molecule has 5 rings (SSSR count). The van der Waals surface area contributed by atoms with Crippen LogP contribution in [0.15, 0.2) is 119 Å². The molecule has 1 aliphatic rings. The summed E-state index contributed by atoms with van der Waals surface area (Å²) in [4.78, 5) is 29.9. The van der Waals surface area contributed by atoms with Gasteiger partial charge in [0.05, 0.1) is 11.4 Å². The first-order chi connectivity index (χ1) is 18.0. The predicted octanol–water partition coefficient (Wildman–Crippen LogP) is 6.78. The number of carbonyl (C=O) groups excluding carboxylic acids is 2. The monoisotopic (exact) mass is 568 g/mol. The van der Waals surface area contributed by atoms with Crippen LogP contribution in [-0.2, 0) is 16.2 Å². The summed E-state index contributed by atoms with van der Waals surface area (Å²) >= 11 is 9.07. The second kappa shape index (κ2) is 10.9. The highest BCUT2D eigenvalue weighted by molar-refractivity contribution is 9.10. The van der Waals surface area contributed by atoms with Gasteiger partial charge in [-0.25, -0.2) is 0 Å². The number of rotatable bonds is 6. The smallest absolute Gasteiger partial charge is 0.270 e. The third kappa shape index (κ3) is 5.38. The van der Waals surface area contributed by atoms with Crippen LogP contribution in [0.1, 0.15) is 11.1 Å². The number of carbonyl (C=O) groups is 2. The minimum Gasteiger partial charge on any atom is -0.489 e. The zero-order valence-corrected chi connectivity index (χ0v) is 22.0. The SMILES string of the molecule is O=C1C(=Cc2ccc(OCc3ccc(Br)cc3)cc2)C(=O)N(c2ccccc2)C(=S)N1c1ccccc1. The summed E-state index contributed by atoms with van der Waals surface area (Å²) in [6, 6.07) is 33.4. The number of amides is 2. The standard InChI is InChI=1S/C30H21BrN2O3S/c31-23-15-11-22(12-16-23)20-36-26-17-13-21(14-18-26)19-27-28(34)32(24-7-3-1-4-8-24)30(37)33(29(27)35)25-9-5-2-6-10-25/h1-19H,20H2. The van der Waals surface area contributed by atoms with E-state index in [1.165, 1.54) is 9.80 Å². The van der Waals surface area contributed by atoms with Gasteiger partial charge in [0.15, 0.2) is 5.11 Å². The van der Waals surface area contributed by atoms with Gasteiger partial charge in [0.1, 0.15) is 17.9 Å². The first kappa shape index (κ1) is 24.6. The number of hydrogen-bond donors (Lipinski definition) is 0. The van der Waals surface area contributed by atoms with Gasteiger partial charge in [-0.2, -0.15) is 0 Å². The highest BCUT2D eigenvalue weighted by Crippen LogP contribution is 2.30. The number of hydrogen-bond acceptors (Lipinski definition) is 4. The Kier molecular flexibility index (Phi) is 7.25. The van der Waals surface area contributed by atoms with E-state index >= 15 is 0 Å². The Morgan fingerprint density at radius 2 is 1.22 bits per heavy atom. The summed E-state index contributed by atoms with van der Waals surface area (Å²) < 4.78 is 6.89. The number of ether oxygens (including phenoxy) is 1. The van der Waals surface area contributed by atoms with Crippen LogP contribution in [0.25, 0.3) is 6.08 Å². The van der Waals surface area contributed by atoms with Crippen molar-refractivity contribution in [2.24, 2.45) is 0 Å². The molecule has 0 atom stereocenters. The maximum Gasteiger partial charge on any atom is 0.270 e. The predicted molar refractivity (Wildman–Crippen MR) is 153 cm³/mol. The van der Waals surface area contributed by atoms with Gasteiger partial charge in [0.2, 0.25) is 0 Å². The van der Waals surface area contributed by atoms with Crippen molar-refractivity contribution in [2.75, 3.05) is 9.80 Å². The van der Waals surface area contributed by atoms with Crippen molar-refractivity contribution in [3.05, 3.63) is 130 Å². The van der Waals surface area contributed by atoms with E-state index in [0.29, 0.717) is 29.3 Å². The van der Waals surface area contributed by atoms with Gasteiger partial charge in [-0.05, 0) is 78.0 Å². The second-order valence-electron chi connectivity index (χ2n) is 8.28. The van der Waals surface area contributed by atoms with Gasteiger partial charge < -0.3 is 4.74 Å². The van der Waals surface area contributed by atoms with Crippen LogP contribution in [-0.4, -0.2) is 16.9 Å². The van der Waals surface area contributed by atoms with E-state index in [1.807, 2.05) is 84.9 Å². The van der Waals surface area contributed by atoms with Crippen LogP contribution < -0.4 is 14.5 Å². The molecule has 182 valence electrons. The average Bonchev–Trinajstić information content (AvgIpc) is 2.93. The quantitative estimate of drug-likeness (QED) is 0.146. The van der Waals surface area contributed by atoms with Crippen LogP contribution in [0.5, 0.6) is 5.75 Å². The largest absolute Gasteiger partial charge is 0.489 e. The first-order valence-corrected chi connectivity index (χ1v) is 12.7. The van der Waals surface area contributed by atoms with E-state index in [0.717, 1.165) is 10.0 Å². The molecule has 1 heterocycles. The van der Waals surface area contributed by atoms with E-state index in [-0.39, 0.29) is 10.7 Å². The van der Waals surface area contributed by atoms with Gasteiger partial charge in [-0.1, -0.05) is 76.6 Å². The van der Waals surface area contributed by atoms with Crippen molar-refractivity contribution in [3.63, 3.8) is 0 Å². The van der Waals surface area contributed by atoms with E-state index in [9.17, 15) is 9.59 Å². The molecule has 0 aromatic heterocycles. The zero-order chi connectivity index (χ0) is 25.8. The van der Waals surface area contributed by atoms with Crippen LogP contribution in [0.4, 0.5) is 11.4 Å². The molecule has 4 aromatic carbocycles. The Balaban J connectivity index is 1.44. The molecule has 1 fully saturated rings. The molecule has 37 heavy (non-hydrogen) atoms. The number of thiocarbonyl (C=S) groups is 1. The van der Waals surface area contributed by atoms with Crippen LogP contribution in [0.2, 0.25) is 0 Å². The highest BCUT2D eigenvalue weighted by Gasteiger charge is 2.41. The first-order valence-electron chi connectivity index (χ1n) is 11.5. The lowest BCUT2D eigenvalue weighted by molar-refractivity contribution is -0.120. The van der Waals surface area contributed by atoms with Crippen molar-refractivity contribution < 1.29 is 14.3 Å². The third-order valence-corrected chi connectivity index (χ3v) is 6.68. The summed E-state index contributed by atoms with van der Waals surface area (Å²) in [7, 11) is 0. The van der Waals surface area contributed by atoms with Gasteiger partial charge in [-0.15, -0.1) is 0 Å². The fraction of sp³-hybridized carbons (Fsp3) is 0.0333. The lowest BCUT2D eigenvalue weighted by atomic mass is 10.0. The Morgan fingerprint density at radius 3 is 1.73 bits per heavy atom. The Hall–Kier alpha value is -4.07. The summed E-state index contributed by atoms with van der Waals surface area (Å²) in [6.45, 7) is 0.431. The molecular weight excluding hydrogens is 548 g/mol. The van der Waals surface area contributed by atoms with Crippen molar-refractivity contribution in [1.29, 1.82) is 0 Å². The van der Waals surface area contributed by atoms with Crippen molar-refractivity contribution in [3.8, 4) is 5.75 Å². The third-order valence-electron chi connectivity index (χ3n) is 5.79. The molecule has 7 heteroatoms. The molecule has 0 spiro atoms. The van der Waals surface area contributed by atoms with Crippen LogP contribution >= 0.6 is 28.1 Å². The molecule has 1 aliphatic heterocycles. The van der Waals surface area contributed by atoms with E-state index < -0.39 is 11.8 Å². The minimum atomic E-state index is -0.469. The van der Waals surface area contributed by atoms with Crippen molar-refractivity contribution in [1.82, 2.24) is 0 Å². The summed E-state index contributed by atoms with van der Waals surface area (Å²) in [5.41, 5.74) is 2.94.